The number of aromatic nitrogens is 2. The van der Waals surface area contributed by atoms with Crippen molar-refractivity contribution in [3.8, 4) is 0 Å². The van der Waals surface area contributed by atoms with Crippen LogP contribution in [0.3, 0.4) is 0 Å². The molecule has 2 unspecified atom stereocenters. The number of amides is 1. The molecule has 104 valence electrons. The highest BCUT2D eigenvalue weighted by atomic mass is 16.1. The van der Waals surface area contributed by atoms with Crippen molar-refractivity contribution in [1.82, 2.24) is 15.3 Å². The second kappa shape index (κ2) is 4.06. The molecule has 1 saturated carbocycles. The molecule has 0 spiro atoms. The van der Waals surface area contributed by atoms with Gasteiger partial charge in [-0.05, 0) is 43.9 Å². The molecular formula is C15H18N4O. The molecule has 2 fully saturated rings. The van der Waals surface area contributed by atoms with Crippen LogP contribution >= 0.6 is 0 Å². The summed E-state index contributed by atoms with van der Waals surface area (Å²) in [5.74, 6) is 1.29. The van der Waals surface area contributed by atoms with Crippen LogP contribution in [0.5, 0.6) is 0 Å². The molecule has 1 saturated heterocycles. The lowest BCUT2D eigenvalue weighted by Crippen LogP contribution is -2.38. The summed E-state index contributed by atoms with van der Waals surface area (Å²) < 4.78 is 0. The molecule has 2 aliphatic rings. The Hall–Kier alpha value is -1.88. The van der Waals surface area contributed by atoms with E-state index in [1.54, 1.807) is 6.07 Å². The fraction of sp³-hybridized carbons (Fsp3) is 0.467. The Kier molecular flexibility index (Phi) is 2.41. The van der Waals surface area contributed by atoms with Gasteiger partial charge in [-0.15, -0.1) is 0 Å². The molecule has 2 heterocycles. The SMILES string of the molecule is NC(=O)c1cccc2[nH]c(C34CCCC(CN3)C4)nc12. The van der Waals surface area contributed by atoms with Gasteiger partial charge in [-0.1, -0.05) is 12.5 Å². The minimum atomic E-state index is -0.424. The molecule has 1 aliphatic heterocycles. The Morgan fingerprint density at radius 1 is 1.45 bits per heavy atom. The van der Waals surface area contributed by atoms with Gasteiger partial charge in [0.2, 0.25) is 0 Å². The standard InChI is InChI=1S/C15H18N4O/c16-13(20)10-4-1-5-11-12(10)19-14(18-11)15-6-2-3-9(7-15)8-17-15/h1,4-5,9,17H,2-3,6-8H2,(H2,16,20)(H,18,19). The summed E-state index contributed by atoms with van der Waals surface area (Å²) in [5, 5.41) is 3.65. The number of fused-ring (bicyclic) bond motifs is 3. The first-order valence-electron chi connectivity index (χ1n) is 7.22. The van der Waals surface area contributed by atoms with Gasteiger partial charge in [0.25, 0.3) is 5.91 Å². The summed E-state index contributed by atoms with van der Waals surface area (Å²) in [4.78, 5) is 19.6. The predicted molar refractivity (Wildman–Crippen MR) is 76.3 cm³/mol. The van der Waals surface area contributed by atoms with Crippen molar-refractivity contribution in [3.05, 3.63) is 29.6 Å². The summed E-state index contributed by atoms with van der Waals surface area (Å²) >= 11 is 0. The smallest absolute Gasteiger partial charge is 0.250 e. The molecule has 2 aromatic rings. The molecule has 2 atom stereocenters. The molecule has 4 N–H and O–H groups in total. The Bertz CT molecular complexity index is 688. The maximum atomic E-state index is 11.5. The molecular weight excluding hydrogens is 252 g/mol. The number of H-pyrrole nitrogens is 1. The average molecular weight is 270 g/mol. The van der Waals surface area contributed by atoms with E-state index in [-0.39, 0.29) is 5.54 Å². The van der Waals surface area contributed by atoms with Crippen molar-refractivity contribution in [3.63, 3.8) is 0 Å². The molecule has 5 nitrogen and oxygen atoms in total. The fourth-order valence-corrected chi connectivity index (χ4v) is 3.82. The molecule has 1 aromatic carbocycles. The summed E-state index contributed by atoms with van der Waals surface area (Å²) in [7, 11) is 0. The number of hydrogen-bond acceptors (Lipinski definition) is 3. The zero-order chi connectivity index (χ0) is 13.7. The van der Waals surface area contributed by atoms with Crippen LogP contribution in [0.25, 0.3) is 11.0 Å². The molecule has 1 aromatic heterocycles. The van der Waals surface area contributed by atoms with Crippen molar-refractivity contribution < 1.29 is 4.79 Å². The van der Waals surface area contributed by atoms with Gasteiger partial charge in [0.05, 0.1) is 16.6 Å². The minimum Gasteiger partial charge on any atom is -0.366 e. The molecule has 4 rings (SSSR count). The van der Waals surface area contributed by atoms with E-state index in [0.717, 1.165) is 36.6 Å². The lowest BCUT2D eigenvalue weighted by atomic mass is 9.80. The third-order valence-corrected chi connectivity index (χ3v) is 4.81. The first-order chi connectivity index (χ1) is 9.68. The number of primary amides is 1. The Labute approximate surface area is 117 Å². The van der Waals surface area contributed by atoms with Gasteiger partial charge in [-0.2, -0.15) is 0 Å². The van der Waals surface area contributed by atoms with Crippen molar-refractivity contribution in [1.29, 1.82) is 0 Å². The molecule has 5 heteroatoms. The molecule has 20 heavy (non-hydrogen) atoms. The van der Waals surface area contributed by atoms with Crippen LogP contribution in [-0.2, 0) is 5.54 Å². The van der Waals surface area contributed by atoms with Gasteiger partial charge in [0.15, 0.2) is 0 Å². The van der Waals surface area contributed by atoms with Crippen LogP contribution in [0.4, 0.5) is 0 Å². The maximum absolute atomic E-state index is 11.5. The number of carbonyl (C=O) groups excluding carboxylic acids is 1. The van der Waals surface area contributed by atoms with Crippen molar-refractivity contribution in [2.45, 2.75) is 31.2 Å². The summed E-state index contributed by atoms with van der Waals surface area (Å²) in [6.45, 7) is 1.07. The normalized spacial score (nSPS) is 28.9. The van der Waals surface area contributed by atoms with Gasteiger partial charge in [-0.3, -0.25) is 4.79 Å². The molecule has 1 amide bonds. The van der Waals surface area contributed by atoms with Gasteiger partial charge in [0, 0.05) is 0 Å². The highest BCUT2D eigenvalue weighted by Gasteiger charge is 2.45. The van der Waals surface area contributed by atoms with Gasteiger partial charge >= 0.3 is 0 Å². The number of aromatic amines is 1. The van der Waals surface area contributed by atoms with Crippen molar-refractivity contribution in [2.75, 3.05) is 6.54 Å². The van der Waals surface area contributed by atoms with Crippen LogP contribution < -0.4 is 11.1 Å². The number of nitrogens with one attached hydrogen (secondary N) is 2. The second-order valence-corrected chi connectivity index (χ2v) is 6.08. The average Bonchev–Trinajstić information content (AvgIpc) is 3.00. The second-order valence-electron chi connectivity index (χ2n) is 6.08. The largest absolute Gasteiger partial charge is 0.366 e. The first kappa shape index (κ1) is 11.9. The minimum absolute atomic E-state index is 0.0309. The number of rotatable bonds is 2. The topological polar surface area (TPSA) is 83.8 Å². The van der Waals surface area contributed by atoms with E-state index < -0.39 is 5.91 Å². The van der Waals surface area contributed by atoms with E-state index >= 15 is 0 Å². The number of nitrogens with zero attached hydrogens (tertiary/aromatic N) is 1. The molecule has 1 aliphatic carbocycles. The van der Waals surface area contributed by atoms with E-state index in [1.165, 1.54) is 12.8 Å². The van der Waals surface area contributed by atoms with E-state index in [0.29, 0.717) is 11.1 Å². The van der Waals surface area contributed by atoms with Crippen LogP contribution in [0.1, 0.15) is 41.9 Å². The summed E-state index contributed by atoms with van der Waals surface area (Å²) in [6.07, 6.45) is 4.78. The van der Waals surface area contributed by atoms with E-state index in [2.05, 4.69) is 10.3 Å². The monoisotopic (exact) mass is 270 g/mol. The lowest BCUT2D eigenvalue weighted by molar-refractivity contribution is 0.100. The zero-order valence-corrected chi connectivity index (χ0v) is 11.3. The number of nitrogens with two attached hydrogens (primary N) is 1. The third-order valence-electron chi connectivity index (χ3n) is 4.81. The number of hydrogen-bond donors (Lipinski definition) is 3. The predicted octanol–water partition coefficient (Wildman–Crippen LogP) is 1.65. The van der Waals surface area contributed by atoms with E-state index in [4.69, 9.17) is 10.7 Å². The Morgan fingerprint density at radius 2 is 2.35 bits per heavy atom. The number of para-hydroxylation sites is 1. The lowest BCUT2D eigenvalue weighted by Gasteiger charge is -2.30. The van der Waals surface area contributed by atoms with Crippen LogP contribution in [-0.4, -0.2) is 22.4 Å². The first-order valence-corrected chi connectivity index (χ1v) is 7.22. The van der Waals surface area contributed by atoms with Gasteiger partial charge in [0.1, 0.15) is 11.3 Å². The van der Waals surface area contributed by atoms with Gasteiger partial charge in [-0.25, -0.2) is 4.98 Å². The molecule has 2 bridgehead atoms. The number of carbonyl (C=O) groups is 1. The Morgan fingerprint density at radius 3 is 3.20 bits per heavy atom. The number of imidazole rings is 1. The van der Waals surface area contributed by atoms with E-state index in [1.807, 2.05) is 12.1 Å². The van der Waals surface area contributed by atoms with Gasteiger partial charge < -0.3 is 16.0 Å². The van der Waals surface area contributed by atoms with E-state index in [9.17, 15) is 4.79 Å². The maximum Gasteiger partial charge on any atom is 0.250 e. The van der Waals surface area contributed by atoms with Crippen LogP contribution in [0, 0.1) is 5.92 Å². The molecule has 0 radical (unpaired) electrons. The highest BCUT2D eigenvalue weighted by molar-refractivity contribution is 6.04. The van der Waals surface area contributed by atoms with Crippen LogP contribution in [0.15, 0.2) is 18.2 Å². The fourth-order valence-electron chi connectivity index (χ4n) is 3.82. The van der Waals surface area contributed by atoms with Crippen molar-refractivity contribution >= 4 is 16.9 Å². The quantitative estimate of drug-likeness (QED) is 0.776. The number of benzene rings is 1. The van der Waals surface area contributed by atoms with Crippen LogP contribution in [0.2, 0.25) is 0 Å². The summed E-state index contributed by atoms with van der Waals surface area (Å²) in [6, 6.07) is 5.52. The highest BCUT2D eigenvalue weighted by Crippen LogP contribution is 2.43. The zero-order valence-electron chi connectivity index (χ0n) is 11.3. The van der Waals surface area contributed by atoms with Crippen molar-refractivity contribution in [2.24, 2.45) is 11.7 Å². The Balaban J connectivity index is 1.85. The third kappa shape index (κ3) is 1.59. The summed E-state index contributed by atoms with van der Waals surface area (Å²) in [5.41, 5.74) is 7.48.